The second kappa shape index (κ2) is 7.04. The zero-order valence-electron chi connectivity index (χ0n) is 11.8. The number of carbonyl (C=O) groups excluding carboxylic acids is 1. The lowest BCUT2D eigenvalue weighted by atomic mass is 9.92. The van der Waals surface area contributed by atoms with E-state index in [1.165, 1.54) is 7.11 Å². The maximum absolute atomic E-state index is 12.1. The minimum atomic E-state index is -0.515. The molecule has 0 amide bonds. The number of halogens is 1. The lowest BCUT2D eigenvalue weighted by Gasteiger charge is -2.27. The number of hydrogen-bond acceptors (Lipinski definition) is 6. The van der Waals surface area contributed by atoms with Crippen molar-refractivity contribution in [2.45, 2.75) is 44.3 Å². The third kappa shape index (κ3) is 4.04. The smallest absolute Gasteiger partial charge is 0.327 e. The molecule has 1 aromatic heterocycles. The molecule has 0 aromatic carbocycles. The van der Waals surface area contributed by atoms with Gasteiger partial charge >= 0.3 is 5.97 Å². The molecule has 0 aliphatic heterocycles. The third-order valence-corrected chi connectivity index (χ3v) is 4.39. The maximum Gasteiger partial charge on any atom is 0.327 e. The van der Waals surface area contributed by atoms with Gasteiger partial charge in [-0.2, -0.15) is 5.10 Å². The summed E-state index contributed by atoms with van der Waals surface area (Å²) in [5.74, 6) is -0.515. The van der Waals surface area contributed by atoms with Crippen molar-refractivity contribution in [3.63, 3.8) is 0 Å². The van der Waals surface area contributed by atoms with Crippen LogP contribution in [0.2, 0.25) is 0 Å². The van der Waals surface area contributed by atoms with Gasteiger partial charge in [0, 0.05) is 12.1 Å². The highest BCUT2D eigenvalue weighted by Gasteiger charge is 2.20. The molecular weight excluding hydrogens is 340 g/mol. The first kappa shape index (κ1) is 16.0. The van der Waals surface area contributed by atoms with E-state index in [1.54, 1.807) is 6.20 Å². The van der Waals surface area contributed by atoms with Crippen LogP contribution in [0, 0.1) is 0 Å². The molecule has 3 N–H and O–H groups in total. The second-order valence-electron chi connectivity index (χ2n) is 5.17. The lowest BCUT2D eigenvalue weighted by Crippen LogP contribution is -2.34. The minimum Gasteiger partial charge on any atom is -0.468 e. The molecule has 1 aromatic rings. The Labute approximate surface area is 131 Å². The van der Waals surface area contributed by atoms with Crippen LogP contribution in [0.1, 0.15) is 25.7 Å². The van der Waals surface area contributed by atoms with E-state index in [9.17, 15) is 9.59 Å². The highest BCUT2D eigenvalue weighted by atomic mass is 79.9. The van der Waals surface area contributed by atoms with Gasteiger partial charge in [0.15, 0.2) is 0 Å². The molecule has 8 heteroatoms. The Morgan fingerprint density at radius 2 is 2.19 bits per heavy atom. The number of carbonyl (C=O) groups is 1. The second-order valence-corrected chi connectivity index (χ2v) is 5.96. The Morgan fingerprint density at radius 3 is 2.81 bits per heavy atom. The first-order valence-electron chi connectivity index (χ1n) is 6.85. The van der Waals surface area contributed by atoms with E-state index in [4.69, 9.17) is 5.73 Å². The van der Waals surface area contributed by atoms with E-state index < -0.39 is 5.97 Å². The van der Waals surface area contributed by atoms with E-state index in [0.29, 0.717) is 16.2 Å². The first-order chi connectivity index (χ1) is 10.0. The average Bonchev–Trinajstić information content (AvgIpc) is 2.49. The van der Waals surface area contributed by atoms with Crippen molar-refractivity contribution < 1.29 is 9.53 Å². The summed E-state index contributed by atoms with van der Waals surface area (Å²) in [6.07, 6.45) is 5.44. The summed E-state index contributed by atoms with van der Waals surface area (Å²) in [7, 11) is 1.27. The molecule has 0 saturated heterocycles. The zero-order chi connectivity index (χ0) is 15.4. The van der Waals surface area contributed by atoms with Crippen molar-refractivity contribution in [1.29, 1.82) is 0 Å². The van der Waals surface area contributed by atoms with Gasteiger partial charge < -0.3 is 15.8 Å². The van der Waals surface area contributed by atoms with Crippen molar-refractivity contribution in [2.75, 3.05) is 12.4 Å². The van der Waals surface area contributed by atoms with Crippen molar-refractivity contribution in [3.8, 4) is 0 Å². The van der Waals surface area contributed by atoms with Crippen LogP contribution in [0.25, 0.3) is 0 Å². The number of methoxy groups -OCH3 is 1. The number of aromatic nitrogens is 2. The molecule has 21 heavy (non-hydrogen) atoms. The Bertz CT molecular complexity index is 567. The highest BCUT2D eigenvalue weighted by Crippen LogP contribution is 2.23. The molecule has 0 bridgehead atoms. The highest BCUT2D eigenvalue weighted by molar-refractivity contribution is 9.10. The summed E-state index contributed by atoms with van der Waals surface area (Å²) in [4.78, 5) is 23.3. The van der Waals surface area contributed by atoms with E-state index in [2.05, 4.69) is 31.1 Å². The van der Waals surface area contributed by atoms with Crippen LogP contribution in [-0.2, 0) is 16.1 Å². The fraction of sp³-hybridized carbons (Fsp3) is 0.615. The fourth-order valence-corrected chi connectivity index (χ4v) is 2.77. The van der Waals surface area contributed by atoms with Crippen molar-refractivity contribution >= 4 is 27.6 Å². The van der Waals surface area contributed by atoms with E-state index in [-0.39, 0.29) is 18.1 Å². The Morgan fingerprint density at radius 1 is 1.52 bits per heavy atom. The predicted octanol–water partition coefficient (Wildman–Crippen LogP) is 0.861. The van der Waals surface area contributed by atoms with Crippen molar-refractivity contribution in [1.82, 2.24) is 9.78 Å². The molecule has 1 saturated carbocycles. The molecule has 0 atom stereocenters. The summed E-state index contributed by atoms with van der Waals surface area (Å²) in [6, 6.07) is 0.566. The molecule has 1 aliphatic rings. The Kier molecular flexibility index (Phi) is 5.35. The SMILES string of the molecule is COC(=O)Cn1ncc(NC2CCC(N)CC2)c(Br)c1=O. The molecule has 1 aliphatic carbocycles. The van der Waals surface area contributed by atoms with Gasteiger partial charge in [-0.25, -0.2) is 4.68 Å². The number of ether oxygens (including phenoxy) is 1. The van der Waals surface area contributed by atoms with E-state index in [1.807, 2.05) is 0 Å². The first-order valence-corrected chi connectivity index (χ1v) is 7.65. The normalized spacial score (nSPS) is 21.9. The summed E-state index contributed by atoms with van der Waals surface area (Å²) < 4.78 is 5.97. The van der Waals surface area contributed by atoms with Crippen LogP contribution in [-0.4, -0.2) is 34.9 Å². The quantitative estimate of drug-likeness (QED) is 0.774. The molecule has 1 heterocycles. The zero-order valence-corrected chi connectivity index (χ0v) is 13.4. The fourth-order valence-electron chi connectivity index (χ4n) is 2.35. The van der Waals surface area contributed by atoms with Gasteiger partial charge in [-0.05, 0) is 41.6 Å². The number of anilines is 1. The number of hydrogen-bond donors (Lipinski definition) is 2. The topological polar surface area (TPSA) is 99.2 Å². The van der Waals surface area contributed by atoms with Gasteiger partial charge in [0.1, 0.15) is 11.0 Å². The number of nitrogens with two attached hydrogens (primary N) is 1. The molecule has 1 fully saturated rings. The molecular formula is C13H19BrN4O3. The summed E-state index contributed by atoms with van der Waals surface area (Å²) in [5, 5.41) is 7.30. The van der Waals surface area contributed by atoms with Crippen LogP contribution >= 0.6 is 15.9 Å². The van der Waals surface area contributed by atoms with Crippen LogP contribution in [0.15, 0.2) is 15.5 Å². The van der Waals surface area contributed by atoms with Crippen molar-refractivity contribution in [2.24, 2.45) is 5.73 Å². The summed E-state index contributed by atoms with van der Waals surface area (Å²) >= 11 is 3.27. The average molecular weight is 359 g/mol. The van der Waals surface area contributed by atoms with Crippen LogP contribution in [0.4, 0.5) is 5.69 Å². The number of rotatable bonds is 4. The molecule has 0 radical (unpaired) electrons. The summed E-state index contributed by atoms with van der Waals surface area (Å²) in [6.45, 7) is -0.202. The van der Waals surface area contributed by atoms with Gasteiger partial charge in [-0.3, -0.25) is 9.59 Å². The largest absolute Gasteiger partial charge is 0.468 e. The summed E-state index contributed by atoms with van der Waals surface area (Å²) in [5.41, 5.74) is 6.15. The molecule has 2 rings (SSSR count). The number of nitrogens with one attached hydrogen (secondary N) is 1. The minimum absolute atomic E-state index is 0.202. The number of esters is 1. The predicted molar refractivity (Wildman–Crippen MR) is 82.1 cm³/mol. The van der Waals surface area contributed by atoms with Gasteiger partial charge in [-0.1, -0.05) is 0 Å². The number of nitrogens with zero attached hydrogens (tertiary/aromatic N) is 2. The van der Waals surface area contributed by atoms with E-state index in [0.717, 1.165) is 30.4 Å². The van der Waals surface area contributed by atoms with Crippen molar-refractivity contribution in [3.05, 3.63) is 21.0 Å². The van der Waals surface area contributed by atoms with Gasteiger partial charge in [-0.15, -0.1) is 0 Å². The maximum atomic E-state index is 12.1. The molecule has 7 nitrogen and oxygen atoms in total. The standard InChI is InChI=1S/C13H19BrN4O3/c1-21-11(19)7-18-13(20)12(14)10(6-16-18)17-9-4-2-8(15)3-5-9/h6,8-9,17H,2-5,7,15H2,1H3. The molecule has 116 valence electrons. The van der Waals surface area contributed by atoms with E-state index >= 15 is 0 Å². The van der Waals surface area contributed by atoms with Gasteiger partial charge in [0.25, 0.3) is 5.56 Å². The van der Waals surface area contributed by atoms with Gasteiger partial charge in [0.05, 0.1) is 19.0 Å². The lowest BCUT2D eigenvalue weighted by molar-refractivity contribution is -0.141. The van der Waals surface area contributed by atoms with Crippen LogP contribution in [0.3, 0.4) is 0 Å². The van der Waals surface area contributed by atoms with Crippen LogP contribution < -0.4 is 16.6 Å². The Balaban J connectivity index is 2.09. The van der Waals surface area contributed by atoms with Crippen LogP contribution in [0.5, 0.6) is 0 Å². The van der Waals surface area contributed by atoms with Gasteiger partial charge in [0.2, 0.25) is 0 Å². The Hall–Kier alpha value is -1.41. The third-order valence-electron chi connectivity index (χ3n) is 3.62. The monoisotopic (exact) mass is 358 g/mol. The molecule has 0 unspecified atom stereocenters. The molecule has 0 spiro atoms.